The molecule has 0 aliphatic heterocycles. The number of nitro groups is 1. The van der Waals surface area contributed by atoms with Crippen molar-refractivity contribution < 1.29 is 9.31 Å². The van der Waals surface area contributed by atoms with Crippen LogP contribution in [0, 0.1) is 15.9 Å². The minimum Gasteiger partial charge on any atom is -0.313 e. The minimum absolute atomic E-state index is 0.103. The number of halogens is 1. The van der Waals surface area contributed by atoms with Gasteiger partial charge in [0.1, 0.15) is 5.82 Å². The van der Waals surface area contributed by atoms with Crippen LogP contribution < -0.4 is 5.32 Å². The van der Waals surface area contributed by atoms with Gasteiger partial charge in [0.15, 0.2) is 0 Å². The first kappa shape index (κ1) is 15.1. The van der Waals surface area contributed by atoms with Crippen LogP contribution in [0.5, 0.6) is 0 Å². The van der Waals surface area contributed by atoms with Gasteiger partial charge < -0.3 is 5.32 Å². The van der Waals surface area contributed by atoms with E-state index in [4.69, 9.17) is 0 Å². The Balaban J connectivity index is 2.26. The minimum atomic E-state index is -0.512. The number of hydrogen-bond donors (Lipinski definition) is 1. The van der Waals surface area contributed by atoms with Gasteiger partial charge >= 0.3 is 0 Å². The number of benzene rings is 1. The van der Waals surface area contributed by atoms with Gasteiger partial charge in [0.2, 0.25) is 0 Å². The number of nitro benzene ring substituents is 1. The third kappa shape index (κ3) is 3.43. The summed E-state index contributed by atoms with van der Waals surface area (Å²) < 4.78 is 14.9. The van der Waals surface area contributed by atoms with Crippen molar-refractivity contribution in [1.82, 2.24) is 15.1 Å². The number of nitrogens with zero attached hydrogens (tertiary/aromatic N) is 3. The third-order valence-corrected chi connectivity index (χ3v) is 3.38. The Bertz CT molecular complexity index is 638. The van der Waals surface area contributed by atoms with Crippen LogP contribution in [0.4, 0.5) is 10.1 Å². The molecule has 1 heterocycles. The summed E-state index contributed by atoms with van der Waals surface area (Å²) in [5.74, 6) is -0.496. The van der Waals surface area contributed by atoms with Crippen LogP contribution in [0.2, 0.25) is 0 Å². The first-order chi connectivity index (χ1) is 10.0. The molecule has 7 heteroatoms. The maximum absolute atomic E-state index is 13.3. The Labute approximate surface area is 121 Å². The summed E-state index contributed by atoms with van der Waals surface area (Å²) >= 11 is 0. The summed E-state index contributed by atoms with van der Waals surface area (Å²) in [5.41, 5.74) is 1.19. The molecule has 21 heavy (non-hydrogen) atoms. The van der Waals surface area contributed by atoms with Gasteiger partial charge in [-0.15, -0.1) is 0 Å². The van der Waals surface area contributed by atoms with Crippen molar-refractivity contribution in [2.45, 2.75) is 25.9 Å². The van der Waals surface area contributed by atoms with Crippen molar-refractivity contribution in [3.8, 4) is 0 Å². The van der Waals surface area contributed by atoms with Crippen LogP contribution in [0.3, 0.4) is 0 Å². The van der Waals surface area contributed by atoms with E-state index in [1.165, 1.54) is 12.1 Å². The molecule has 0 aliphatic rings. The highest BCUT2D eigenvalue weighted by Gasteiger charge is 2.16. The Kier molecular flexibility index (Phi) is 4.64. The molecule has 1 N–H and O–H groups in total. The SMILES string of the molecule is CCC(NC)c1cnn(Cc2cc(F)ccc2[N+](=O)[O-])c1. The maximum atomic E-state index is 13.3. The predicted molar refractivity (Wildman–Crippen MR) is 76.5 cm³/mol. The summed E-state index contributed by atoms with van der Waals surface area (Å²) in [6.45, 7) is 2.21. The van der Waals surface area contributed by atoms with Gasteiger partial charge in [-0.2, -0.15) is 5.10 Å². The fourth-order valence-electron chi connectivity index (χ4n) is 2.29. The van der Waals surface area contributed by atoms with Crippen molar-refractivity contribution >= 4 is 5.69 Å². The van der Waals surface area contributed by atoms with Crippen molar-refractivity contribution in [1.29, 1.82) is 0 Å². The average Bonchev–Trinajstić information content (AvgIpc) is 2.88. The van der Waals surface area contributed by atoms with E-state index in [0.717, 1.165) is 18.1 Å². The van der Waals surface area contributed by atoms with Crippen molar-refractivity contribution in [2.24, 2.45) is 0 Å². The van der Waals surface area contributed by atoms with E-state index in [1.54, 1.807) is 10.9 Å². The number of aromatic nitrogens is 2. The van der Waals surface area contributed by atoms with Crippen molar-refractivity contribution in [3.63, 3.8) is 0 Å². The smallest absolute Gasteiger partial charge is 0.274 e. The van der Waals surface area contributed by atoms with E-state index >= 15 is 0 Å². The summed E-state index contributed by atoms with van der Waals surface area (Å²) in [4.78, 5) is 10.5. The molecule has 0 spiro atoms. The average molecular weight is 292 g/mol. The molecule has 112 valence electrons. The van der Waals surface area contributed by atoms with Gasteiger partial charge in [-0.05, 0) is 25.6 Å². The zero-order chi connectivity index (χ0) is 15.4. The van der Waals surface area contributed by atoms with E-state index in [0.29, 0.717) is 5.56 Å². The zero-order valence-corrected chi connectivity index (χ0v) is 11.9. The van der Waals surface area contributed by atoms with Crippen LogP contribution in [0.15, 0.2) is 30.6 Å². The topological polar surface area (TPSA) is 73.0 Å². The van der Waals surface area contributed by atoms with E-state index in [-0.39, 0.29) is 18.3 Å². The number of rotatable bonds is 6. The Morgan fingerprint density at radius 1 is 1.52 bits per heavy atom. The molecule has 0 radical (unpaired) electrons. The van der Waals surface area contributed by atoms with E-state index in [1.807, 2.05) is 13.2 Å². The van der Waals surface area contributed by atoms with Crippen LogP contribution in [-0.4, -0.2) is 21.8 Å². The molecule has 0 amide bonds. The van der Waals surface area contributed by atoms with Crippen molar-refractivity contribution in [3.05, 3.63) is 57.7 Å². The number of hydrogen-bond acceptors (Lipinski definition) is 4. The quantitative estimate of drug-likeness (QED) is 0.656. The van der Waals surface area contributed by atoms with E-state index < -0.39 is 10.7 Å². The second kappa shape index (κ2) is 6.45. The van der Waals surface area contributed by atoms with Gasteiger partial charge in [-0.3, -0.25) is 14.8 Å². The molecule has 6 nitrogen and oxygen atoms in total. The molecular weight excluding hydrogens is 275 g/mol. The van der Waals surface area contributed by atoms with E-state index in [9.17, 15) is 14.5 Å². The molecule has 0 saturated carbocycles. The highest BCUT2D eigenvalue weighted by atomic mass is 19.1. The lowest BCUT2D eigenvalue weighted by molar-refractivity contribution is -0.385. The van der Waals surface area contributed by atoms with Crippen LogP contribution >= 0.6 is 0 Å². The van der Waals surface area contributed by atoms with Crippen molar-refractivity contribution in [2.75, 3.05) is 7.05 Å². The van der Waals surface area contributed by atoms with Gasteiger partial charge in [0.05, 0.1) is 23.2 Å². The second-order valence-electron chi connectivity index (χ2n) is 4.75. The summed E-state index contributed by atoms with van der Waals surface area (Å²) in [6, 6.07) is 3.62. The Morgan fingerprint density at radius 2 is 2.29 bits per heavy atom. The molecule has 0 aliphatic carbocycles. The first-order valence-electron chi connectivity index (χ1n) is 6.67. The van der Waals surface area contributed by atoms with E-state index in [2.05, 4.69) is 17.3 Å². The Morgan fingerprint density at radius 3 is 2.90 bits per heavy atom. The summed E-state index contributed by atoms with van der Waals surface area (Å²) in [5, 5.41) is 18.3. The summed E-state index contributed by atoms with van der Waals surface area (Å²) in [6.07, 6.45) is 4.44. The highest BCUT2D eigenvalue weighted by Crippen LogP contribution is 2.21. The lowest BCUT2D eigenvalue weighted by atomic mass is 10.1. The number of nitrogens with one attached hydrogen (secondary N) is 1. The van der Waals surface area contributed by atoms with Gasteiger partial charge in [0, 0.05) is 23.9 Å². The van der Waals surface area contributed by atoms with Gasteiger partial charge in [-0.1, -0.05) is 6.92 Å². The fourth-order valence-corrected chi connectivity index (χ4v) is 2.29. The monoisotopic (exact) mass is 292 g/mol. The largest absolute Gasteiger partial charge is 0.313 e. The molecule has 1 aromatic carbocycles. The third-order valence-electron chi connectivity index (χ3n) is 3.38. The predicted octanol–water partition coefficient (Wildman–Crippen LogP) is 2.65. The molecule has 0 saturated heterocycles. The molecule has 2 rings (SSSR count). The summed E-state index contributed by atoms with van der Waals surface area (Å²) in [7, 11) is 1.86. The van der Waals surface area contributed by atoms with Gasteiger partial charge in [-0.25, -0.2) is 4.39 Å². The molecule has 0 fully saturated rings. The Hall–Kier alpha value is -2.28. The second-order valence-corrected chi connectivity index (χ2v) is 4.75. The molecule has 2 aromatic rings. The molecule has 1 atom stereocenters. The first-order valence-corrected chi connectivity index (χ1v) is 6.67. The van der Waals surface area contributed by atoms with Crippen LogP contribution in [-0.2, 0) is 6.54 Å². The van der Waals surface area contributed by atoms with Gasteiger partial charge in [0.25, 0.3) is 5.69 Å². The molecule has 1 unspecified atom stereocenters. The standard InChI is InChI=1S/C14H17FN4O2/c1-3-13(16-2)11-7-17-18(9-11)8-10-6-12(15)4-5-14(10)19(20)21/h4-7,9,13,16H,3,8H2,1-2H3. The molecule has 0 bridgehead atoms. The highest BCUT2D eigenvalue weighted by molar-refractivity contribution is 5.40. The fraction of sp³-hybridized carbons (Fsp3) is 0.357. The van der Waals surface area contributed by atoms with Crippen LogP contribution in [0.25, 0.3) is 0 Å². The normalized spacial score (nSPS) is 12.3. The lowest BCUT2D eigenvalue weighted by Crippen LogP contribution is -2.14. The lowest BCUT2D eigenvalue weighted by Gasteiger charge is -2.10. The van der Waals surface area contributed by atoms with Crippen LogP contribution in [0.1, 0.15) is 30.5 Å². The zero-order valence-electron chi connectivity index (χ0n) is 11.9. The maximum Gasteiger partial charge on any atom is 0.274 e. The molecular formula is C14H17FN4O2. The molecule has 1 aromatic heterocycles.